The SMILES string of the molecule is Cc1cc(C)c(NC(=O)C[NH+](C)CC(=O)Nc2cc(Cl)ccc2C#N)c(C)c1. The molecule has 1 atom stereocenters. The van der Waals surface area contributed by atoms with Crippen LogP contribution in [0.2, 0.25) is 5.02 Å². The second-order valence-corrected chi connectivity index (χ2v) is 7.42. The lowest BCUT2D eigenvalue weighted by Crippen LogP contribution is -3.11. The van der Waals surface area contributed by atoms with Crippen LogP contribution >= 0.6 is 11.6 Å². The van der Waals surface area contributed by atoms with Gasteiger partial charge in [-0.05, 0) is 50.1 Å². The highest BCUT2D eigenvalue weighted by atomic mass is 35.5. The molecule has 7 heteroatoms. The minimum atomic E-state index is -0.299. The summed E-state index contributed by atoms with van der Waals surface area (Å²) < 4.78 is 0. The zero-order valence-electron chi connectivity index (χ0n) is 16.4. The van der Waals surface area contributed by atoms with E-state index in [9.17, 15) is 9.59 Å². The lowest BCUT2D eigenvalue weighted by molar-refractivity contribution is -0.862. The van der Waals surface area contributed by atoms with Gasteiger partial charge in [-0.2, -0.15) is 5.26 Å². The molecule has 0 saturated heterocycles. The smallest absolute Gasteiger partial charge is 0.279 e. The van der Waals surface area contributed by atoms with Gasteiger partial charge in [0, 0.05) is 10.7 Å². The highest BCUT2D eigenvalue weighted by molar-refractivity contribution is 6.31. The van der Waals surface area contributed by atoms with E-state index in [0.29, 0.717) is 16.3 Å². The van der Waals surface area contributed by atoms with E-state index in [-0.39, 0.29) is 24.9 Å². The predicted octanol–water partition coefficient (Wildman–Crippen LogP) is 2.23. The molecule has 28 heavy (non-hydrogen) atoms. The van der Waals surface area contributed by atoms with Crippen molar-refractivity contribution in [1.82, 2.24) is 0 Å². The molecule has 3 N–H and O–H groups in total. The standard InChI is InChI=1S/C21H23ClN4O2/c1-13-7-14(2)21(15(3)8-13)25-20(28)12-26(4)11-19(27)24-18-9-17(22)6-5-16(18)10-23/h5-9H,11-12H2,1-4H3,(H,24,27)(H,25,28)/p+1. The molecule has 0 spiro atoms. The summed E-state index contributed by atoms with van der Waals surface area (Å²) in [6.45, 7) is 6.14. The van der Waals surface area contributed by atoms with E-state index in [2.05, 4.69) is 10.6 Å². The van der Waals surface area contributed by atoms with Gasteiger partial charge in [0.15, 0.2) is 13.1 Å². The average molecular weight is 400 g/mol. The molecule has 1 unspecified atom stereocenters. The molecule has 6 nitrogen and oxygen atoms in total. The number of nitriles is 1. The second kappa shape index (κ2) is 9.36. The summed E-state index contributed by atoms with van der Waals surface area (Å²) in [5.41, 5.74) is 4.66. The number of hydrogen-bond acceptors (Lipinski definition) is 3. The van der Waals surface area contributed by atoms with Crippen molar-refractivity contribution >= 4 is 34.8 Å². The number of amides is 2. The number of carbonyl (C=O) groups excluding carboxylic acids is 2. The van der Waals surface area contributed by atoms with Crippen LogP contribution in [0.3, 0.4) is 0 Å². The molecule has 2 rings (SSSR count). The Labute approximate surface area is 170 Å². The Morgan fingerprint density at radius 3 is 2.18 bits per heavy atom. The first-order valence-electron chi connectivity index (χ1n) is 8.88. The lowest BCUT2D eigenvalue weighted by atomic mass is 10.1. The number of likely N-dealkylation sites (N-methyl/N-ethyl adjacent to an activating group) is 1. The minimum Gasteiger partial charge on any atom is -0.322 e. The summed E-state index contributed by atoms with van der Waals surface area (Å²) in [7, 11) is 1.76. The van der Waals surface area contributed by atoms with Crippen LogP contribution in [0.5, 0.6) is 0 Å². The van der Waals surface area contributed by atoms with Crippen LogP contribution in [0.4, 0.5) is 11.4 Å². The molecule has 0 aliphatic heterocycles. The molecule has 146 valence electrons. The number of carbonyl (C=O) groups is 2. The summed E-state index contributed by atoms with van der Waals surface area (Å²) in [5.74, 6) is -0.465. The number of nitrogens with one attached hydrogen (secondary N) is 3. The summed E-state index contributed by atoms with van der Waals surface area (Å²) in [6.07, 6.45) is 0. The Morgan fingerprint density at radius 1 is 1.04 bits per heavy atom. The van der Waals surface area contributed by atoms with Crippen LogP contribution in [-0.2, 0) is 9.59 Å². The van der Waals surface area contributed by atoms with Crippen molar-refractivity contribution in [1.29, 1.82) is 5.26 Å². The second-order valence-electron chi connectivity index (χ2n) is 6.98. The van der Waals surface area contributed by atoms with Crippen LogP contribution in [-0.4, -0.2) is 32.0 Å². The fourth-order valence-electron chi connectivity index (χ4n) is 3.08. The van der Waals surface area contributed by atoms with E-state index in [4.69, 9.17) is 16.9 Å². The first kappa shape index (κ1) is 21.4. The Hall–Kier alpha value is -2.88. The third-order valence-electron chi connectivity index (χ3n) is 4.24. The topological polar surface area (TPSA) is 86.4 Å². The number of hydrogen-bond donors (Lipinski definition) is 3. The van der Waals surface area contributed by atoms with Crippen LogP contribution in [0, 0.1) is 32.1 Å². The average Bonchev–Trinajstić information content (AvgIpc) is 2.58. The third kappa shape index (κ3) is 5.81. The van der Waals surface area contributed by atoms with E-state index in [1.807, 2.05) is 39.0 Å². The molecular weight excluding hydrogens is 376 g/mol. The van der Waals surface area contributed by atoms with Crippen LogP contribution in [0.1, 0.15) is 22.3 Å². The van der Waals surface area contributed by atoms with Crippen LogP contribution in [0.25, 0.3) is 0 Å². The molecule has 0 fully saturated rings. The summed E-state index contributed by atoms with van der Waals surface area (Å²) >= 11 is 5.93. The lowest BCUT2D eigenvalue weighted by Gasteiger charge is -2.16. The molecule has 0 radical (unpaired) electrons. The van der Waals surface area contributed by atoms with Crippen LogP contribution < -0.4 is 15.5 Å². The van der Waals surface area contributed by atoms with Gasteiger partial charge in [-0.3, -0.25) is 9.59 Å². The van der Waals surface area contributed by atoms with E-state index >= 15 is 0 Å². The van der Waals surface area contributed by atoms with Gasteiger partial charge in [-0.1, -0.05) is 29.3 Å². The highest BCUT2D eigenvalue weighted by Gasteiger charge is 2.17. The molecule has 0 aliphatic rings. The van der Waals surface area contributed by atoms with Gasteiger partial charge in [-0.25, -0.2) is 0 Å². The van der Waals surface area contributed by atoms with Crippen molar-refractivity contribution in [3.8, 4) is 6.07 Å². The zero-order valence-corrected chi connectivity index (χ0v) is 17.2. The molecule has 2 amide bonds. The summed E-state index contributed by atoms with van der Waals surface area (Å²) in [6, 6.07) is 10.7. The molecule has 2 aromatic rings. The Kier molecular flexibility index (Phi) is 7.16. The first-order valence-corrected chi connectivity index (χ1v) is 9.26. The number of nitrogens with zero attached hydrogens (tertiary/aromatic N) is 1. The van der Waals surface area contributed by atoms with Crippen molar-refractivity contribution in [3.63, 3.8) is 0 Å². The quantitative estimate of drug-likeness (QED) is 0.696. The molecule has 0 aromatic heterocycles. The van der Waals surface area contributed by atoms with Gasteiger partial charge < -0.3 is 15.5 Å². The maximum absolute atomic E-state index is 12.4. The maximum Gasteiger partial charge on any atom is 0.279 e. The normalized spacial score (nSPS) is 11.4. The number of quaternary nitrogens is 1. The molecule has 2 aromatic carbocycles. The summed E-state index contributed by atoms with van der Waals surface area (Å²) in [5, 5.41) is 15.2. The number of aryl methyl sites for hydroxylation is 3. The van der Waals surface area contributed by atoms with Crippen molar-refractivity contribution < 1.29 is 14.5 Å². The molecule has 0 bridgehead atoms. The fraction of sp³-hybridized carbons (Fsp3) is 0.286. The monoisotopic (exact) mass is 399 g/mol. The Balaban J connectivity index is 1.94. The van der Waals surface area contributed by atoms with Gasteiger partial charge >= 0.3 is 0 Å². The third-order valence-corrected chi connectivity index (χ3v) is 4.48. The van der Waals surface area contributed by atoms with Crippen molar-refractivity contribution in [2.45, 2.75) is 20.8 Å². The molecular formula is C21H24ClN4O2+. The van der Waals surface area contributed by atoms with Gasteiger partial charge in [0.1, 0.15) is 6.07 Å². The van der Waals surface area contributed by atoms with E-state index in [1.165, 1.54) is 6.07 Å². The largest absolute Gasteiger partial charge is 0.322 e. The van der Waals surface area contributed by atoms with E-state index < -0.39 is 0 Å². The molecule has 0 aliphatic carbocycles. The van der Waals surface area contributed by atoms with Gasteiger partial charge in [-0.15, -0.1) is 0 Å². The highest BCUT2D eigenvalue weighted by Crippen LogP contribution is 2.22. The molecule has 0 saturated carbocycles. The van der Waals surface area contributed by atoms with E-state index in [0.717, 1.165) is 27.3 Å². The molecule has 0 heterocycles. The van der Waals surface area contributed by atoms with Gasteiger partial charge in [0.05, 0.1) is 18.3 Å². The fourth-order valence-corrected chi connectivity index (χ4v) is 3.26. The number of benzene rings is 2. The zero-order chi connectivity index (χ0) is 20.8. The van der Waals surface area contributed by atoms with Gasteiger partial charge in [0.25, 0.3) is 11.8 Å². The van der Waals surface area contributed by atoms with Crippen molar-refractivity contribution in [2.75, 3.05) is 30.8 Å². The first-order chi connectivity index (χ1) is 13.2. The minimum absolute atomic E-state index is 0.0800. The predicted molar refractivity (Wildman–Crippen MR) is 111 cm³/mol. The van der Waals surface area contributed by atoms with Crippen molar-refractivity contribution in [3.05, 3.63) is 57.6 Å². The number of anilines is 2. The summed E-state index contributed by atoms with van der Waals surface area (Å²) in [4.78, 5) is 25.4. The van der Waals surface area contributed by atoms with Crippen molar-refractivity contribution in [2.24, 2.45) is 0 Å². The van der Waals surface area contributed by atoms with E-state index in [1.54, 1.807) is 19.2 Å². The number of rotatable bonds is 6. The maximum atomic E-state index is 12.4. The van der Waals surface area contributed by atoms with Crippen LogP contribution in [0.15, 0.2) is 30.3 Å². The number of halogens is 1. The Bertz CT molecular complexity index is 927. The Morgan fingerprint density at radius 2 is 1.61 bits per heavy atom. The van der Waals surface area contributed by atoms with Gasteiger partial charge in [0.2, 0.25) is 0 Å².